The fourth-order valence-electron chi connectivity index (χ4n) is 4.04. The first-order chi connectivity index (χ1) is 12.5. The number of piperidine rings is 1. The Bertz CT molecular complexity index is 636. The van der Waals surface area contributed by atoms with Crippen LogP contribution in [0.15, 0.2) is 24.3 Å². The number of carbonyl (C=O) groups excluding carboxylic acids is 2. The van der Waals surface area contributed by atoms with E-state index in [2.05, 4.69) is 17.0 Å². The standard InChI is InChI=1S/C20H29N3O3/c1-21(2)20(25)22-13-10-16(11-14-22)19(24)23-12-4-5-18(23)15-6-8-17(26-3)9-7-15/h6-9,16,18H,4-5,10-14H2,1-3H3. The van der Waals surface area contributed by atoms with Crippen LogP contribution in [0.3, 0.4) is 0 Å². The Morgan fingerprint density at radius 2 is 1.69 bits per heavy atom. The summed E-state index contributed by atoms with van der Waals surface area (Å²) in [5.41, 5.74) is 1.18. The summed E-state index contributed by atoms with van der Waals surface area (Å²) < 4.78 is 5.23. The molecule has 6 nitrogen and oxygen atoms in total. The highest BCUT2D eigenvalue weighted by atomic mass is 16.5. The Morgan fingerprint density at radius 3 is 2.27 bits per heavy atom. The smallest absolute Gasteiger partial charge is 0.319 e. The second kappa shape index (κ2) is 7.98. The lowest BCUT2D eigenvalue weighted by molar-refractivity contribution is -0.137. The van der Waals surface area contributed by atoms with Crippen LogP contribution in [0.1, 0.15) is 37.3 Å². The molecular formula is C20H29N3O3. The average molecular weight is 359 g/mol. The van der Waals surface area contributed by atoms with Crippen LogP contribution in [-0.2, 0) is 4.79 Å². The Morgan fingerprint density at radius 1 is 1.04 bits per heavy atom. The molecule has 1 aromatic carbocycles. The predicted octanol–water partition coefficient (Wildman–Crippen LogP) is 2.75. The van der Waals surface area contributed by atoms with E-state index in [1.807, 2.05) is 17.0 Å². The van der Waals surface area contributed by atoms with Crippen LogP contribution < -0.4 is 4.74 Å². The zero-order valence-corrected chi connectivity index (χ0v) is 16.0. The predicted molar refractivity (Wildman–Crippen MR) is 100 cm³/mol. The topological polar surface area (TPSA) is 53.1 Å². The fraction of sp³-hybridized carbons (Fsp3) is 0.600. The first-order valence-electron chi connectivity index (χ1n) is 9.42. The van der Waals surface area contributed by atoms with Gasteiger partial charge in [-0.3, -0.25) is 4.79 Å². The van der Waals surface area contributed by atoms with Gasteiger partial charge in [-0.05, 0) is 43.4 Å². The minimum Gasteiger partial charge on any atom is -0.497 e. The number of urea groups is 1. The number of methoxy groups -OCH3 is 1. The molecule has 0 spiro atoms. The quantitative estimate of drug-likeness (QED) is 0.834. The molecule has 26 heavy (non-hydrogen) atoms. The zero-order valence-electron chi connectivity index (χ0n) is 16.0. The van der Waals surface area contributed by atoms with E-state index in [-0.39, 0.29) is 23.9 Å². The van der Waals surface area contributed by atoms with Crippen LogP contribution in [-0.4, -0.2) is 67.5 Å². The van der Waals surface area contributed by atoms with Gasteiger partial charge in [0.2, 0.25) is 5.91 Å². The van der Waals surface area contributed by atoms with Crippen molar-refractivity contribution in [2.24, 2.45) is 5.92 Å². The lowest BCUT2D eigenvalue weighted by Crippen LogP contribution is -2.47. The molecule has 0 aliphatic carbocycles. The van der Waals surface area contributed by atoms with E-state index in [9.17, 15) is 9.59 Å². The maximum absolute atomic E-state index is 13.1. The molecule has 2 aliphatic rings. The monoisotopic (exact) mass is 359 g/mol. The number of carbonyl (C=O) groups is 2. The van der Waals surface area contributed by atoms with Gasteiger partial charge in [0.15, 0.2) is 0 Å². The van der Waals surface area contributed by atoms with Crippen molar-refractivity contribution in [1.82, 2.24) is 14.7 Å². The molecule has 3 rings (SSSR count). The molecule has 1 unspecified atom stereocenters. The molecule has 2 fully saturated rings. The van der Waals surface area contributed by atoms with Crippen LogP contribution in [0.2, 0.25) is 0 Å². The summed E-state index contributed by atoms with van der Waals surface area (Å²) in [6.07, 6.45) is 3.56. The molecule has 1 atom stereocenters. The van der Waals surface area contributed by atoms with Crippen LogP contribution in [0.25, 0.3) is 0 Å². The summed E-state index contributed by atoms with van der Waals surface area (Å²) in [5, 5.41) is 0. The van der Waals surface area contributed by atoms with Gasteiger partial charge in [0, 0.05) is 39.6 Å². The van der Waals surface area contributed by atoms with Crippen LogP contribution in [0, 0.1) is 5.92 Å². The van der Waals surface area contributed by atoms with Gasteiger partial charge in [-0.1, -0.05) is 12.1 Å². The van der Waals surface area contributed by atoms with Crippen molar-refractivity contribution in [3.63, 3.8) is 0 Å². The van der Waals surface area contributed by atoms with Gasteiger partial charge >= 0.3 is 6.03 Å². The summed E-state index contributed by atoms with van der Waals surface area (Å²) >= 11 is 0. The van der Waals surface area contributed by atoms with Gasteiger partial charge < -0.3 is 19.4 Å². The van der Waals surface area contributed by atoms with E-state index in [1.54, 1.807) is 26.1 Å². The Labute approximate surface area is 155 Å². The van der Waals surface area contributed by atoms with E-state index >= 15 is 0 Å². The molecule has 142 valence electrons. The first kappa shape index (κ1) is 18.5. The number of benzene rings is 1. The van der Waals surface area contributed by atoms with E-state index in [0.29, 0.717) is 13.1 Å². The lowest BCUT2D eigenvalue weighted by Gasteiger charge is -2.36. The van der Waals surface area contributed by atoms with Gasteiger partial charge in [0.05, 0.1) is 13.2 Å². The van der Waals surface area contributed by atoms with Gasteiger partial charge in [-0.25, -0.2) is 4.79 Å². The maximum atomic E-state index is 13.1. The number of hydrogen-bond donors (Lipinski definition) is 0. The van der Waals surface area contributed by atoms with Crippen molar-refractivity contribution in [3.05, 3.63) is 29.8 Å². The maximum Gasteiger partial charge on any atom is 0.319 e. The molecule has 0 aromatic heterocycles. The molecule has 0 N–H and O–H groups in total. The number of rotatable bonds is 3. The largest absolute Gasteiger partial charge is 0.497 e. The van der Waals surface area contributed by atoms with Gasteiger partial charge in [0.25, 0.3) is 0 Å². The van der Waals surface area contributed by atoms with Gasteiger partial charge in [-0.2, -0.15) is 0 Å². The molecule has 2 saturated heterocycles. The van der Waals surface area contributed by atoms with Gasteiger partial charge in [-0.15, -0.1) is 0 Å². The Balaban J connectivity index is 1.62. The van der Waals surface area contributed by atoms with Crippen molar-refractivity contribution >= 4 is 11.9 Å². The normalized spacial score (nSPS) is 21.0. The highest BCUT2D eigenvalue weighted by molar-refractivity contribution is 5.80. The molecule has 1 aromatic rings. The summed E-state index contributed by atoms with van der Waals surface area (Å²) in [4.78, 5) is 30.7. The summed E-state index contributed by atoms with van der Waals surface area (Å²) in [7, 11) is 5.19. The highest BCUT2D eigenvalue weighted by Crippen LogP contribution is 2.35. The van der Waals surface area contributed by atoms with Crippen molar-refractivity contribution < 1.29 is 14.3 Å². The zero-order chi connectivity index (χ0) is 18.7. The molecular weight excluding hydrogens is 330 g/mol. The van der Waals surface area contributed by atoms with Crippen molar-refractivity contribution in [3.8, 4) is 5.75 Å². The van der Waals surface area contributed by atoms with Crippen molar-refractivity contribution in [2.75, 3.05) is 40.8 Å². The highest BCUT2D eigenvalue weighted by Gasteiger charge is 2.36. The third-order valence-corrected chi connectivity index (χ3v) is 5.53. The third kappa shape index (κ3) is 3.79. The third-order valence-electron chi connectivity index (χ3n) is 5.53. The van der Waals surface area contributed by atoms with E-state index in [1.165, 1.54) is 5.56 Å². The molecule has 0 bridgehead atoms. The van der Waals surface area contributed by atoms with Crippen molar-refractivity contribution in [1.29, 1.82) is 0 Å². The summed E-state index contributed by atoms with van der Waals surface area (Å²) in [6, 6.07) is 8.24. The Hall–Kier alpha value is -2.24. The molecule has 0 radical (unpaired) electrons. The average Bonchev–Trinajstić information content (AvgIpc) is 3.16. The molecule has 0 saturated carbocycles. The number of ether oxygens (including phenoxy) is 1. The number of amides is 3. The lowest BCUT2D eigenvalue weighted by atomic mass is 9.94. The minimum atomic E-state index is 0.0278. The SMILES string of the molecule is COc1ccc(C2CCCN2C(=O)C2CCN(C(=O)N(C)C)CC2)cc1. The number of hydrogen-bond acceptors (Lipinski definition) is 3. The molecule has 2 heterocycles. The van der Waals surface area contributed by atoms with E-state index < -0.39 is 0 Å². The first-order valence-corrected chi connectivity index (χ1v) is 9.42. The van der Waals surface area contributed by atoms with E-state index in [4.69, 9.17) is 4.74 Å². The van der Waals surface area contributed by atoms with Crippen LogP contribution >= 0.6 is 0 Å². The summed E-state index contributed by atoms with van der Waals surface area (Å²) in [5.74, 6) is 1.11. The second-order valence-electron chi connectivity index (χ2n) is 7.40. The second-order valence-corrected chi connectivity index (χ2v) is 7.40. The van der Waals surface area contributed by atoms with Crippen LogP contribution in [0.5, 0.6) is 5.75 Å². The number of likely N-dealkylation sites (tertiary alicyclic amines) is 2. The van der Waals surface area contributed by atoms with Gasteiger partial charge in [0.1, 0.15) is 5.75 Å². The molecule has 2 aliphatic heterocycles. The summed E-state index contributed by atoms with van der Waals surface area (Å²) in [6.45, 7) is 2.15. The molecule has 6 heteroatoms. The Kier molecular flexibility index (Phi) is 5.69. The molecule has 3 amide bonds. The fourth-order valence-corrected chi connectivity index (χ4v) is 4.04. The van der Waals surface area contributed by atoms with E-state index in [0.717, 1.165) is 38.0 Å². The van der Waals surface area contributed by atoms with Crippen molar-refractivity contribution in [2.45, 2.75) is 31.7 Å². The number of nitrogens with zero attached hydrogens (tertiary/aromatic N) is 3. The van der Waals surface area contributed by atoms with Crippen LogP contribution in [0.4, 0.5) is 4.79 Å². The minimum absolute atomic E-state index is 0.0278.